The summed E-state index contributed by atoms with van der Waals surface area (Å²) in [4.78, 5) is 41.8. The van der Waals surface area contributed by atoms with Gasteiger partial charge in [0.15, 0.2) is 0 Å². The van der Waals surface area contributed by atoms with Crippen LogP contribution in [0.1, 0.15) is 5.56 Å². The van der Waals surface area contributed by atoms with E-state index in [1.165, 1.54) is 13.2 Å². The molecule has 3 rings (SSSR count). The fourth-order valence-electron chi connectivity index (χ4n) is 2.34. The van der Waals surface area contributed by atoms with Gasteiger partial charge in [-0.05, 0) is 47.7 Å². The van der Waals surface area contributed by atoms with E-state index in [2.05, 4.69) is 10.3 Å². The van der Waals surface area contributed by atoms with Crippen molar-refractivity contribution in [2.45, 2.75) is 0 Å². The molecule has 0 unspecified atom stereocenters. The lowest BCUT2D eigenvalue weighted by molar-refractivity contribution is -0.127. The van der Waals surface area contributed by atoms with Crippen LogP contribution in [0.5, 0.6) is 5.75 Å². The molecular formula is C18H14ClN3O4S. The summed E-state index contributed by atoms with van der Waals surface area (Å²) in [7, 11) is 1.48. The third kappa shape index (κ3) is 4.47. The molecule has 0 atom stereocenters. The van der Waals surface area contributed by atoms with Crippen molar-refractivity contribution >= 4 is 52.2 Å². The summed E-state index contributed by atoms with van der Waals surface area (Å²) in [6.07, 6.45) is 4.76. The number of nitrogens with zero attached hydrogens (tertiary/aromatic N) is 2. The minimum atomic E-state index is -0.517. The van der Waals surface area contributed by atoms with Crippen LogP contribution in [0.2, 0.25) is 5.02 Å². The highest BCUT2D eigenvalue weighted by atomic mass is 35.5. The lowest BCUT2D eigenvalue weighted by Gasteiger charge is -2.13. The number of amides is 3. The molecule has 1 saturated heterocycles. The Morgan fingerprint density at radius 2 is 2.19 bits per heavy atom. The van der Waals surface area contributed by atoms with Gasteiger partial charge in [0.2, 0.25) is 5.91 Å². The number of aromatic nitrogens is 1. The normalized spacial score (nSPS) is 15.3. The maximum absolute atomic E-state index is 12.4. The van der Waals surface area contributed by atoms with Gasteiger partial charge in [-0.15, -0.1) is 0 Å². The highest BCUT2D eigenvalue weighted by Gasteiger charge is 2.36. The van der Waals surface area contributed by atoms with Crippen LogP contribution in [0.4, 0.5) is 10.5 Å². The zero-order valence-electron chi connectivity index (χ0n) is 14.1. The second-order valence-corrected chi connectivity index (χ2v) is 6.85. The van der Waals surface area contributed by atoms with Gasteiger partial charge >= 0.3 is 0 Å². The summed E-state index contributed by atoms with van der Waals surface area (Å²) in [5, 5.41) is 2.44. The Morgan fingerprint density at radius 3 is 2.85 bits per heavy atom. The van der Waals surface area contributed by atoms with Crippen molar-refractivity contribution in [3.05, 3.63) is 58.2 Å². The summed E-state index contributed by atoms with van der Waals surface area (Å²) in [5.74, 6) is -0.556. The van der Waals surface area contributed by atoms with Gasteiger partial charge in [-0.25, -0.2) is 0 Å². The third-order valence-corrected chi connectivity index (χ3v) is 4.80. The molecule has 1 aromatic carbocycles. The minimum absolute atomic E-state index is 0.244. The summed E-state index contributed by atoms with van der Waals surface area (Å²) in [6, 6.07) is 8.23. The number of carbonyl (C=O) groups excluding carboxylic acids is 3. The molecule has 0 saturated carbocycles. The fourth-order valence-corrected chi connectivity index (χ4v) is 3.43. The second-order valence-electron chi connectivity index (χ2n) is 5.45. The Labute approximate surface area is 164 Å². The van der Waals surface area contributed by atoms with Crippen molar-refractivity contribution < 1.29 is 19.1 Å². The Hall–Kier alpha value is -2.84. The van der Waals surface area contributed by atoms with E-state index in [-0.39, 0.29) is 4.91 Å². The summed E-state index contributed by atoms with van der Waals surface area (Å²) >= 11 is 6.80. The first kappa shape index (κ1) is 18.9. The predicted molar refractivity (Wildman–Crippen MR) is 104 cm³/mol. The molecule has 0 bridgehead atoms. The Kier molecular flexibility index (Phi) is 5.78. The van der Waals surface area contributed by atoms with Crippen LogP contribution in [0, 0.1) is 0 Å². The molecule has 7 nitrogen and oxygen atoms in total. The van der Waals surface area contributed by atoms with Gasteiger partial charge in [-0.2, -0.15) is 0 Å². The molecule has 1 aliphatic heterocycles. The van der Waals surface area contributed by atoms with Crippen molar-refractivity contribution in [3.63, 3.8) is 0 Å². The van der Waals surface area contributed by atoms with Gasteiger partial charge in [-0.1, -0.05) is 17.7 Å². The number of carbonyl (C=O) groups is 3. The SMILES string of the molecule is COc1ccc(NC(=O)CN2C(=O)SC(=Cc3cccnc3)C2=O)cc1Cl. The van der Waals surface area contributed by atoms with Gasteiger partial charge in [0, 0.05) is 18.1 Å². The van der Waals surface area contributed by atoms with E-state index in [9.17, 15) is 14.4 Å². The van der Waals surface area contributed by atoms with Gasteiger partial charge in [-0.3, -0.25) is 24.3 Å². The number of pyridine rings is 1. The second kappa shape index (κ2) is 8.24. The standard InChI is InChI=1S/C18H14ClN3O4S/c1-26-14-5-4-12(8-13(14)19)21-16(23)10-22-17(24)15(27-18(22)25)7-11-3-2-6-20-9-11/h2-9H,10H2,1H3,(H,21,23). The lowest BCUT2D eigenvalue weighted by atomic mass is 10.2. The van der Waals surface area contributed by atoms with Crippen LogP contribution in [-0.2, 0) is 9.59 Å². The van der Waals surface area contributed by atoms with E-state index >= 15 is 0 Å². The van der Waals surface area contributed by atoms with Gasteiger partial charge in [0.25, 0.3) is 11.1 Å². The highest BCUT2D eigenvalue weighted by Crippen LogP contribution is 2.32. The van der Waals surface area contributed by atoms with Crippen LogP contribution in [0.3, 0.4) is 0 Å². The Balaban J connectivity index is 1.67. The number of thioether (sulfide) groups is 1. The summed E-state index contributed by atoms with van der Waals surface area (Å²) in [6.45, 7) is -0.390. The maximum Gasteiger partial charge on any atom is 0.294 e. The molecular weight excluding hydrogens is 390 g/mol. The first-order chi connectivity index (χ1) is 13.0. The van der Waals surface area contributed by atoms with Crippen LogP contribution in [-0.4, -0.2) is 40.6 Å². The van der Waals surface area contributed by atoms with Crippen LogP contribution in [0.15, 0.2) is 47.6 Å². The zero-order valence-corrected chi connectivity index (χ0v) is 15.7. The average Bonchev–Trinajstić information content (AvgIpc) is 2.90. The molecule has 0 radical (unpaired) electrons. The molecule has 2 aromatic rings. The van der Waals surface area contributed by atoms with E-state index < -0.39 is 23.6 Å². The highest BCUT2D eigenvalue weighted by molar-refractivity contribution is 8.18. The number of hydrogen-bond acceptors (Lipinski definition) is 6. The molecule has 1 aliphatic rings. The number of rotatable bonds is 5. The smallest absolute Gasteiger partial charge is 0.294 e. The van der Waals surface area contributed by atoms with Crippen molar-refractivity contribution in [2.75, 3.05) is 19.0 Å². The molecule has 9 heteroatoms. The van der Waals surface area contributed by atoms with E-state index in [4.69, 9.17) is 16.3 Å². The minimum Gasteiger partial charge on any atom is -0.495 e. The predicted octanol–water partition coefficient (Wildman–Crippen LogP) is 3.42. The van der Waals surface area contributed by atoms with Crippen molar-refractivity contribution in [1.82, 2.24) is 9.88 Å². The number of hydrogen-bond donors (Lipinski definition) is 1. The van der Waals surface area contributed by atoms with Gasteiger partial charge in [0.05, 0.1) is 17.0 Å². The quantitative estimate of drug-likeness (QED) is 0.769. The van der Waals surface area contributed by atoms with Crippen molar-refractivity contribution in [1.29, 1.82) is 0 Å². The number of ether oxygens (including phenoxy) is 1. The lowest BCUT2D eigenvalue weighted by Crippen LogP contribution is -2.36. The monoisotopic (exact) mass is 403 g/mol. The third-order valence-electron chi connectivity index (χ3n) is 3.59. The number of nitrogens with one attached hydrogen (secondary N) is 1. The van der Waals surface area contributed by atoms with E-state index in [1.807, 2.05) is 0 Å². The number of methoxy groups -OCH3 is 1. The molecule has 0 spiro atoms. The van der Waals surface area contributed by atoms with Crippen LogP contribution in [0.25, 0.3) is 6.08 Å². The van der Waals surface area contributed by atoms with E-state index in [0.717, 1.165) is 16.7 Å². The average molecular weight is 404 g/mol. The molecule has 0 aliphatic carbocycles. The topological polar surface area (TPSA) is 88.6 Å². The molecule has 138 valence electrons. The van der Waals surface area contributed by atoms with Gasteiger partial charge < -0.3 is 10.1 Å². The fraction of sp³-hybridized carbons (Fsp3) is 0.111. The van der Waals surface area contributed by atoms with E-state index in [0.29, 0.717) is 22.0 Å². The van der Waals surface area contributed by atoms with Crippen LogP contribution < -0.4 is 10.1 Å². The number of halogens is 1. The number of benzene rings is 1. The summed E-state index contributed by atoms with van der Waals surface area (Å²) < 4.78 is 5.05. The first-order valence-corrected chi connectivity index (χ1v) is 8.96. The van der Waals surface area contributed by atoms with Crippen molar-refractivity contribution in [2.24, 2.45) is 0 Å². The molecule has 1 fully saturated rings. The molecule has 1 N–H and O–H groups in total. The zero-order chi connectivity index (χ0) is 19.4. The Bertz CT molecular complexity index is 933. The summed E-state index contributed by atoms with van der Waals surface area (Å²) in [5.41, 5.74) is 1.13. The van der Waals surface area contributed by atoms with Crippen LogP contribution >= 0.6 is 23.4 Å². The number of anilines is 1. The largest absolute Gasteiger partial charge is 0.495 e. The van der Waals surface area contributed by atoms with E-state index in [1.54, 1.807) is 42.7 Å². The molecule has 3 amide bonds. The van der Waals surface area contributed by atoms with Gasteiger partial charge in [0.1, 0.15) is 12.3 Å². The molecule has 27 heavy (non-hydrogen) atoms. The molecule has 2 heterocycles. The van der Waals surface area contributed by atoms with Crippen molar-refractivity contribution in [3.8, 4) is 5.75 Å². The first-order valence-electron chi connectivity index (χ1n) is 7.76. The Morgan fingerprint density at radius 1 is 1.37 bits per heavy atom. The maximum atomic E-state index is 12.4. The molecule has 1 aromatic heterocycles. The number of imide groups is 1.